The number of benzene rings is 1. The van der Waals surface area contributed by atoms with Crippen LogP contribution in [0, 0.1) is 0 Å². The number of fused-ring (bicyclic) bond motifs is 7. The highest BCUT2D eigenvalue weighted by Gasteiger charge is 2.49. The van der Waals surface area contributed by atoms with E-state index in [9.17, 15) is 9.59 Å². The first-order valence-corrected chi connectivity index (χ1v) is 15.1. The van der Waals surface area contributed by atoms with Crippen molar-refractivity contribution >= 4 is 34.4 Å². The summed E-state index contributed by atoms with van der Waals surface area (Å²) in [6.45, 7) is 7.49. The molecule has 43 heavy (non-hydrogen) atoms. The lowest BCUT2D eigenvalue weighted by Gasteiger charge is -2.37. The molecular weight excluding hydrogens is 544 g/mol. The summed E-state index contributed by atoms with van der Waals surface area (Å²) in [7, 11) is 0. The summed E-state index contributed by atoms with van der Waals surface area (Å²) in [5.41, 5.74) is 4.22. The number of hydrogen-bond donors (Lipinski definition) is 1. The Kier molecular flexibility index (Phi) is 5.94. The van der Waals surface area contributed by atoms with E-state index in [1.165, 1.54) is 24.0 Å². The zero-order valence-electron chi connectivity index (χ0n) is 24.4. The topological polar surface area (TPSA) is 110 Å². The zero-order chi connectivity index (χ0) is 29.3. The largest absolute Gasteiger partial charge is 0.480 e. The van der Waals surface area contributed by atoms with Crippen molar-refractivity contribution in [3.05, 3.63) is 70.2 Å². The van der Waals surface area contributed by atoms with Gasteiger partial charge in [-0.25, -0.2) is 19.3 Å². The van der Waals surface area contributed by atoms with E-state index in [2.05, 4.69) is 47.2 Å². The summed E-state index contributed by atoms with van der Waals surface area (Å²) in [5, 5.41) is 3.81. The predicted molar refractivity (Wildman–Crippen MR) is 163 cm³/mol. The van der Waals surface area contributed by atoms with Gasteiger partial charge >= 0.3 is 0 Å². The fourth-order valence-corrected chi connectivity index (χ4v) is 6.67. The molecular formula is C32H34N8O3. The third-order valence-corrected chi connectivity index (χ3v) is 9.22. The number of amides is 1. The molecule has 0 radical (unpaired) electrons. The third kappa shape index (κ3) is 4.32. The summed E-state index contributed by atoms with van der Waals surface area (Å²) in [6.07, 6.45) is 9.59. The average molecular weight is 579 g/mol. The van der Waals surface area contributed by atoms with E-state index in [0.717, 1.165) is 31.6 Å². The summed E-state index contributed by atoms with van der Waals surface area (Å²) < 4.78 is 9.01. The van der Waals surface area contributed by atoms with Gasteiger partial charge in [0.2, 0.25) is 5.95 Å². The van der Waals surface area contributed by atoms with Crippen LogP contribution in [0.1, 0.15) is 50.7 Å². The van der Waals surface area contributed by atoms with Crippen LogP contribution in [-0.4, -0.2) is 60.9 Å². The van der Waals surface area contributed by atoms with E-state index < -0.39 is 0 Å². The lowest BCUT2D eigenvalue weighted by atomic mass is 9.86. The minimum absolute atomic E-state index is 0.0108. The van der Waals surface area contributed by atoms with E-state index in [0.29, 0.717) is 53.5 Å². The first kappa shape index (κ1) is 26.1. The van der Waals surface area contributed by atoms with Crippen LogP contribution in [-0.2, 0) is 23.3 Å². The number of carbonyl (C=O) groups excluding carboxylic acids is 1. The van der Waals surface area contributed by atoms with Gasteiger partial charge in [-0.15, -0.1) is 0 Å². The molecule has 4 aromatic rings. The molecule has 1 saturated carbocycles. The molecule has 1 amide bonds. The predicted octanol–water partition coefficient (Wildman–Crippen LogP) is 4.05. The van der Waals surface area contributed by atoms with Crippen LogP contribution in [0.4, 0.5) is 17.5 Å². The molecule has 1 fully saturated rings. The molecule has 6 heterocycles. The second kappa shape index (κ2) is 9.77. The van der Waals surface area contributed by atoms with Crippen molar-refractivity contribution in [2.75, 3.05) is 29.9 Å². The van der Waals surface area contributed by atoms with Crippen molar-refractivity contribution in [3.8, 4) is 11.6 Å². The normalized spacial score (nSPS) is 19.8. The van der Waals surface area contributed by atoms with E-state index in [1.807, 2.05) is 12.2 Å². The summed E-state index contributed by atoms with van der Waals surface area (Å²) in [4.78, 5) is 44.8. The van der Waals surface area contributed by atoms with Gasteiger partial charge in [-0.1, -0.05) is 18.2 Å². The Morgan fingerprint density at radius 3 is 2.79 bits per heavy atom. The minimum Gasteiger partial charge on any atom is -0.480 e. The molecule has 8 rings (SSSR count). The van der Waals surface area contributed by atoms with Crippen LogP contribution >= 0.6 is 0 Å². The van der Waals surface area contributed by atoms with Crippen molar-refractivity contribution in [3.63, 3.8) is 0 Å². The van der Waals surface area contributed by atoms with Gasteiger partial charge in [0.1, 0.15) is 5.39 Å². The van der Waals surface area contributed by atoms with E-state index in [1.54, 1.807) is 32.6 Å². The number of nitrogens with one attached hydrogen (secondary N) is 1. The Labute approximate surface area is 248 Å². The van der Waals surface area contributed by atoms with Crippen LogP contribution in [0.3, 0.4) is 0 Å². The number of rotatable bonds is 3. The molecule has 1 aromatic carbocycles. The van der Waals surface area contributed by atoms with Gasteiger partial charge in [0, 0.05) is 43.0 Å². The molecule has 3 aromatic heterocycles. The molecule has 0 unspecified atom stereocenters. The van der Waals surface area contributed by atoms with Gasteiger partial charge in [-0.3, -0.25) is 19.4 Å². The Morgan fingerprint density at radius 1 is 1.07 bits per heavy atom. The van der Waals surface area contributed by atoms with Gasteiger partial charge in [-0.05, 0) is 74.9 Å². The molecule has 1 N–H and O–H groups in total. The fraction of sp³-hybridized carbons (Fsp3) is 0.406. The van der Waals surface area contributed by atoms with Gasteiger partial charge in [0.15, 0.2) is 29.6 Å². The number of carbonyl (C=O) groups is 1. The van der Waals surface area contributed by atoms with E-state index in [-0.39, 0.29) is 23.5 Å². The quantitative estimate of drug-likeness (QED) is 0.363. The molecule has 0 saturated heterocycles. The fourth-order valence-electron chi connectivity index (χ4n) is 6.67. The number of anilines is 3. The third-order valence-electron chi connectivity index (χ3n) is 9.22. The maximum Gasteiger partial charge on any atom is 0.278 e. The molecule has 11 heteroatoms. The first-order valence-electron chi connectivity index (χ1n) is 15.1. The standard InChI is InChI=1S/C32H34N8O3/c1-20(2)37-17-21-7-8-22(15-24(21)32(19-37)11-12-32)34-31-33-16-23-28(36-31)40-26-10-9-25-29(35-26)38(27(41)18-43-25)13-5-3-4-6-14-39(40)30(23)42/h4,6-10,15-16,20H,3,5,11-14,17-19H2,1-2H3,(H,33,34,36)/b6-4-. The summed E-state index contributed by atoms with van der Waals surface area (Å²) >= 11 is 0. The molecule has 4 aliphatic rings. The summed E-state index contributed by atoms with van der Waals surface area (Å²) in [5.74, 6) is 1.77. The van der Waals surface area contributed by atoms with Gasteiger partial charge in [0.25, 0.3) is 11.5 Å². The van der Waals surface area contributed by atoms with Crippen LogP contribution in [0.15, 0.2) is 53.5 Å². The smallest absolute Gasteiger partial charge is 0.278 e. The first-order chi connectivity index (χ1) is 20.9. The number of hydrogen-bond acceptors (Lipinski definition) is 8. The monoisotopic (exact) mass is 578 g/mol. The van der Waals surface area contributed by atoms with Crippen LogP contribution in [0.2, 0.25) is 0 Å². The maximum atomic E-state index is 13.6. The number of ether oxygens (including phenoxy) is 1. The Hall–Kier alpha value is -4.51. The Balaban J connectivity index is 1.21. The van der Waals surface area contributed by atoms with Crippen molar-refractivity contribution in [2.24, 2.45) is 0 Å². The maximum absolute atomic E-state index is 13.6. The van der Waals surface area contributed by atoms with E-state index >= 15 is 0 Å². The Morgan fingerprint density at radius 2 is 1.95 bits per heavy atom. The average Bonchev–Trinajstić information content (AvgIpc) is 3.72. The highest BCUT2D eigenvalue weighted by atomic mass is 16.5. The molecule has 2 bridgehead atoms. The highest BCUT2D eigenvalue weighted by molar-refractivity contribution is 5.96. The molecule has 220 valence electrons. The molecule has 1 aliphatic carbocycles. The second-order valence-electron chi connectivity index (χ2n) is 12.3. The number of aromatic nitrogens is 5. The Bertz CT molecular complexity index is 1870. The van der Waals surface area contributed by atoms with Crippen molar-refractivity contribution in [1.29, 1.82) is 0 Å². The molecule has 3 aliphatic heterocycles. The van der Waals surface area contributed by atoms with Crippen molar-refractivity contribution < 1.29 is 9.53 Å². The van der Waals surface area contributed by atoms with Gasteiger partial charge in [-0.2, -0.15) is 4.98 Å². The lowest BCUT2D eigenvalue weighted by Crippen LogP contribution is -2.41. The summed E-state index contributed by atoms with van der Waals surface area (Å²) in [6, 6.07) is 10.7. The lowest BCUT2D eigenvalue weighted by molar-refractivity contribution is -0.121. The van der Waals surface area contributed by atoms with E-state index in [4.69, 9.17) is 14.7 Å². The second-order valence-corrected chi connectivity index (χ2v) is 12.3. The highest BCUT2D eigenvalue weighted by Crippen LogP contribution is 2.53. The number of nitrogens with zero attached hydrogens (tertiary/aromatic N) is 7. The van der Waals surface area contributed by atoms with Gasteiger partial charge < -0.3 is 10.1 Å². The molecule has 11 nitrogen and oxygen atoms in total. The van der Waals surface area contributed by atoms with Crippen LogP contribution in [0.5, 0.6) is 5.75 Å². The number of allylic oxidation sites excluding steroid dienone is 2. The van der Waals surface area contributed by atoms with Crippen LogP contribution in [0.25, 0.3) is 16.9 Å². The zero-order valence-corrected chi connectivity index (χ0v) is 24.4. The molecule has 0 atom stereocenters. The van der Waals surface area contributed by atoms with Gasteiger partial charge in [0.05, 0.1) is 6.54 Å². The van der Waals surface area contributed by atoms with Crippen molar-refractivity contribution in [1.82, 2.24) is 29.2 Å². The van der Waals surface area contributed by atoms with Crippen molar-refractivity contribution in [2.45, 2.75) is 64.1 Å². The molecule has 1 spiro atoms. The van der Waals surface area contributed by atoms with Crippen LogP contribution < -0.4 is 20.5 Å². The number of pyridine rings is 1. The SMILES string of the molecule is CC(C)N1Cc2ccc(Nc3ncc4c(=O)n5n(c4n3)-c3ccc4c(n3)N(CCC/C=C\C5)C(=O)CO4)cc2C2(CC2)C1. The minimum atomic E-state index is -0.203.